The molecule has 0 aliphatic heterocycles. The highest BCUT2D eigenvalue weighted by atomic mass is 35.5. The number of anilines is 1. The van der Waals surface area contributed by atoms with Gasteiger partial charge in [-0.05, 0) is 55.2 Å². The van der Waals surface area contributed by atoms with E-state index in [1.54, 1.807) is 37.3 Å². The van der Waals surface area contributed by atoms with Crippen LogP contribution in [0.1, 0.15) is 48.8 Å². The van der Waals surface area contributed by atoms with Crippen molar-refractivity contribution < 1.29 is 18.0 Å². The van der Waals surface area contributed by atoms with Crippen molar-refractivity contribution in [3.63, 3.8) is 0 Å². The van der Waals surface area contributed by atoms with Gasteiger partial charge in [-0.2, -0.15) is 0 Å². The Bertz CT molecular complexity index is 1530. The molecule has 230 valence electrons. The monoisotopic (exact) mass is 663 g/mol. The number of sulfonamides is 1. The van der Waals surface area contributed by atoms with Crippen molar-refractivity contribution >= 4 is 62.3 Å². The number of halogens is 3. The summed E-state index contributed by atoms with van der Waals surface area (Å²) in [6.07, 6.45) is 6.14. The number of aryl methyl sites for hydroxylation is 1. The number of amides is 2. The maximum Gasteiger partial charge on any atom is 0.244 e. The highest BCUT2D eigenvalue weighted by Gasteiger charge is 2.35. The molecule has 1 aliphatic carbocycles. The molecular formula is C32H36Cl3N3O4S. The zero-order valence-electron chi connectivity index (χ0n) is 24.2. The second kappa shape index (κ2) is 14.8. The van der Waals surface area contributed by atoms with Crippen molar-refractivity contribution in [2.24, 2.45) is 0 Å². The van der Waals surface area contributed by atoms with Crippen LogP contribution in [0.3, 0.4) is 0 Å². The SMILES string of the molecule is Cc1ccc(Cl)cc1N(CC(=O)N(Cc1c(Cl)cccc1Cl)[C@@H](Cc1ccccc1)C(=O)NC1CCCCC1)S(C)(=O)=O. The lowest BCUT2D eigenvalue weighted by Crippen LogP contribution is -2.55. The van der Waals surface area contributed by atoms with Crippen LogP contribution in [-0.4, -0.2) is 50.0 Å². The summed E-state index contributed by atoms with van der Waals surface area (Å²) < 4.78 is 27.2. The van der Waals surface area contributed by atoms with Gasteiger partial charge in [-0.1, -0.05) is 96.5 Å². The smallest absolute Gasteiger partial charge is 0.244 e. The average molecular weight is 665 g/mol. The minimum Gasteiger partial charge on any atom is -0.352 e. The molecular weight excluding hydrogens is 629 g/mol. The molecule has 2 amide bonds. The van der Waals surface area contributed by atoms with Gasteiger partial charge in [0.2, 0.25) is 21.8 Å². The Labute approximate surface area is 269 Å². The van der Waals surface area contributed by atoms with Crippen LogP contribution in [0.5, 0.6) is 0 Å². The second-order valence-electron chi connectivity index (χ2n) is 11.0. The standard InChI is InChI=1S/C32H36Cl3N3O4S/c1-22-16-17-24(33)19-29(22)38(43(2,41)42)21-31(39)37(20-26-27(34)14-9-15-28(26)35)30(18-23-10-5-3-6-11-23)32(40)36-25-12-7-4-8-13-25/h3,5-6,9-11,14-17,19,25,30H,4,7-8,12-13,18,20-21H2,1-2H3,(H,36,40)/t30-/m0/s1. The molecule has 1 saturated carbocycles. The summed E-state index contributed by atoms with van der Waals surface area (Å²) in [5, 5.41) is 4.17. The van der Waals surface area contributed by atoms with Gasteiger partial charge in [-0.3, -0.25) is 13.9 Å². The van der Waals surface area contributed by atoms with Gasteiger partial charge >= 0.3 is 0 Å². The predicted molar refractivity (Wildman–Crippen MR) is 174 cm³/mol. The fraction of sp³-hybridized carbons (Fsp3) is 0.375. The number of hydrogen-bond donors (Lipinski definition) is 1. The van der Waals surface area contributed by atoms with Crippen LogP contribution in [-0.2, 0) is 32.6 Å². The summed E-state index contributed by atoms with van der Waals surface area (Å²) in [7, 11) is -3.93. The molecule has 0 radical (unpaired) electrons. The Morgan fingerprint density at radius 3 is 2.21 bits per heavy atom. The summed E-state index contributed by atoms with van der Waals surface area (Å²) in [5.41, 5.74) is 2.22. The first kappa shape index (κ1) is 33.1. The van der Waals surface area contributed by atoms with Gasteiger partial charge in [0.1, 0.15) is 12.6 Å². The first-order valence-electron chi connectivity index (χ1n) is 14.2. The van der Waals surface area contributed by atoms with Crippen molar-refractivity contribution in [2.45, 2.75) is 64.1 Å². The van der Waals surface area contributed by atoms with Crippen LogP contribution < -0.4 is 9.62 Å². The summed E-state index contributed by atoms with van der Waals surface area (Å²) in [6.45, 7) is 1.09. The molecule has 0 spiro atoms. The number of nitrogens with one attached hydrogen (secondary N) is 1. The van der Waals surface area contributed by atoms with Gasteiger partial charge in [0, 0.05) is 39.6 Å². The minimum absolute atomic E-state index is 0.00186. The van der Waals surface area contributed by atoms with Crippen molar-refractivity contribution in [3.05, 3.63) is 98.5 Å². The maximum absolute atomic E-state index is 14.3. The molecule has 1 fully saturated rings. The van der Waals surface area contributed by atoms with Crippen molar-refractivity contribution in [1.29, 1.82) is 0 Å². The summed E-state index contributed by atoms with van der Waals surface area (Å²) in [5.74, 6) is -0.891. The Balaban J connectivity index is 1.78. The van der Waals surface area contributed by atoms with E-state index in [-0.39, 0.29) is 30.6 Å². The van der Waals surface area contributed by atoms with Gasteiger partial charge in [-0.15, -0.1) is 0 Å². The first-order chi connectivity index (χ1) is 20.4. The van der Waals surface area contributed by atoms with E-state index in [2.05, 4.69) is 5.32 Å². The number of carbonyl (C=O) groups is 2. The van der Waals surface area contributed by atoms with E-state index >= 15 is 0 Å². The van der Waals surface area contributed by atoms with Gasteiger partial charge < -0.3 is 10.2 Å². The number of carbonyl (C=O) groups excluding carboxylic acids is 2. The normalized spacial score (nSPS) is 14.6. The van der Waals surface area contributed by atoms with E-state index in [0.717, 1.165) is 48.2 Å². The van der Waals surface area contributed by atoms with Crippen molar-refractivity contribution in [1.82, 2.24) is 10.2 Å². The third-order valence-electron chi connectivity index (χ3n) is 7.73. The number of nitrogens with zero attached hydrogens (tertiary/aromatic N) is 2. The Kier molecular flexibility index (Phi) is 11.4. The van der Waals surface area contributed by atoms with Crippen molar-refractivity contribution in [3.8, 4) is 0 Å². The Hall–Kier alpha value is -2.78. The topological polar surface area (TPSA) is 86.8 Å². The van der Waals surface area contributed by atoms with Gasteiger partial charge in [0.15, 0.2) is 0 Å². The first-order valence-corrected chi connectivity index (χ1v) is 17.2. The molecule has 0 bridgehead atoms. The molecule has 1 aliphatic rings. The van der Waals surface area contributed by atoms with E-state index in [4.69, 9.17) is 34.8 Å². The average Bonchev–Trinajstić information content (AvgIpc) is 2.96. The van der Waals surface area contributed by atoms with Crippen LogP contribution >= 0.6 is 34.8 Å². The third kappa shape index (κ3) is 8.88. The van der Waals surface area contributed by atoms with E-state index in [9.17, 15) is 18.0 Å². The Morgan fingerprint density at radius 2 is 1.58 bits per heavy atom. The molecule has 43 heavy (non-hydrogen) atoms. The number of rotatable bonds is 11. The van der Waals surface area contributed by atoms with Crippen LogP contribution in [0.15, 0.2) is 66.7 Å². The third-order valence-corrected chi connectivity index (χ3v) is 9.80. The molecule has 3 aromatic rings. The molecule has 0 saturated heterocycles. The molecule has 0 unspecified atom stereocenters. The molecule has 11 heteroatoms. The summed E-state index contributed by atoms with van der Waals surface area (Å²) in [6, 6.07) is 18.3. The summed E-state index contributed by atoms with van der Waals surface area (Å²) in [4.78, 5) is 29.8. The molecule has 3 aromatic carbocycles. The van der Waals surface area contributed by atoms with E-state index < -0.39 is 28.5 Å². The van der Waals surface area contributed by atoms with E-state index in [1.807, 2.05) is 30.3 Å². The van der Waals surface area contributed by atoms with Gasteiger partial charge in [0.05, 0.1) is 11.9 Å². The fourth-order valence-electron chi connectivity index (χ4n) is 5.40. The molecule has 1 N–H and O–H groups in total. The molecule has 1 atom stereocenters. The second-order valence-corrected chi connectivity index (χ2v) is 14.1. The van der Waals surface area contributed by atoms with E-state index in [0.29, 0.717) is 26.2 Å². The van der Waals surface area contributed by atoms with Gasteiger partial charge in [0.25, 0.3) is 0 Å². The van der Waals surface area contributed by atoms with Crippen LogP contribution in [0, 0.1) is 6.92 Å². The molecule has 4 rings (SSSR count). The quantitative estimate of drug-likeness (QED) is 0.244. The van der Waals surface area contributed by atoms with Gasteiger partial charge in [-0.25, -0.2) is 8.42 Å². The lowest BCUT2D eigenvalue weighted by atomic mass is 9.94. The summed E-state index contributed by atoms with van der Waals surface area (Å²) >= 11 is 19.3. The predicted octanol–water partition coefficient (Wildman–Crippen LogP) is 6.81. The minimum atomic E-state index is -3.93. The van der Waals surface area contributed by atoms with E-state index in [1.165, 1.54) is 11.0 Å². The molecule has 0 aromatic heterocycles. The highest BCUT2D eigenvalue weighted by molar-refractivity contribution is 7.92. The number of hydrogen-bond acceptors (Lipinski definition) is 4. The molecule has 7 nitrogen and oxygen atoms in total. The maximum atomic E-state index is 14.3. The van der Waals surface area contributed by atoms with Crippen molar-refractivity contribution in [2.75, 3.05) is 17.1 Å². The lowest BCUT2D eigenvalue weighted by Gasteiger charge is -2.35. The highest BCUT2D eigenvalue weighted by Crippen LogP contribution is 2.30. The largest absolute Gasteiger partial charge is 0.352 e. The zero-order valence-corrected chi connectivity index (χ0v) is 27.3. The number of benzene rings is 3. The van der Waals surface area contributed by atoms with Crippen LogP contribution in [0.4, 0.5) is 5.69 Å². The fourth-order valence-corrected chi connectivity index (χ4v) is 6.98. The molecule has 0 heterocycles. The zero-order chi connectivity index (χ0) is 31.1. The van der Waals surface area contributed by atoms with Crippen LogP contribution in [0.2, 0.25) is 15.1 Å². The lowest BCUT2D eigenvalue weighted by molar-refractivity contribution is -0.140. The van der Waals surface area contributed by atoms with Crippen LogP contribution in [0.25, 0.3) is 0 Å². The Morgan fingerprint density at radius 1 is 0.930 bits per heavy atom.